The van der Waals surface area contributed by atoms with Crippen LogP contribution < -0.4 is 4.31 Å². The Hall–Kier alpha value is -1.88. The number of benzene rings is 1. The Bertz CT molecular complexity index is 843. The number of pyridine rings is 1. The fourth-order valence-corrected chi connectivity index (χ4v) is 6.21. The predicted octanol–water partition coefficient (Wildman–Crippen LogP) is 4.16. The molecule has 5 heteroatoms. The molecule has 1 aromatic carbocycles. The second-order valence-corrected chi connectivity index (χ2v) is 9.20. The van der Waals surface area contributed by atoms with Crippen molar-refractivity contribution in [2.24, 2.45) is 0 Å². The first-order valence-electron chi connectivity index (χ1n) is 9.21. The highest BCUT2D eigenvalue weighted by Crippen LogP contribution is 2.36. The standard InChI is InChI=1S/C20H24N2O2S/c23-25(24,19-8-2-1-3-9-19)22-13-5-7-17-14-16(10-11-20(17)22)18-6-4-12-21-15-18/h4,6,10-12,14-15,19H,1-3,5,7-9,13H2. The summed E-state index contributed by atoms with van der Waals surface area (Å²) in [4.78, 5) is 4.18. The lowest BCUT2D eigenvalue weighted by Crippen LogP contribution is -2.42. The van der Waals surface area contributed by atoms with Crippen molar-refractivity contribution in [2.75, 3.05) is 10.8 Å². The van der Waals surface area contributed by atoms with Gasteiger partial charge in [-0.3, -0.25) is 9.29 Å². The zero-order valence-electron chi connectivity index (χ0n) is 14.4. The van der Waals surface area contributed by atoms with Crippen LogP contribution in [0.5, 0.6) is 0 Å². The van der Waals surface area contributed by atoms with Gasteiger partial charge in [-0.2, -0.15) is 0 Å². The number of aromatic nitrogens is 1. The number of sulfonamides is 1. The number of rotatable bonds is 3. The summed E-state index contributed by atoms with van der Waals surface area (Å²) in [6.07, 6.45) is 10.3. The van der Waals surface area contributed by atoms with Crippen LogP contribution in [0.2, 0.25) is 0 Å². The third-order valence-corrected chi connectivity index (χ3v) is 7.74. The van der Waals surface area contributed by atoms with Crippen molar-refractivity contribution in [2.45, 2.75) is 50.2 Å². The van der Waals surface area contributed by atoms with Gasteiger partial charge in [0.25, 0.3) is 0 Å². The van der Waals surface area contributed by atoms with Gasteiger partial charge in [0.1, 0.15) is 0 Å². The first kappa shape index (κ1) is 16.6. The molecule has 1 aliphatic heterocycles. The fourth-order valence-electron chi connectivity index (χ4n) is 4.08. The molecule has 132 valence electrons. The molecule has 0 radical (unpaired) electrons. The van der Waals surface area contributed by atoms with Gasteiger partial charge in [-0.25, -0.2) is 8.42 Å². The van der Waals surface area contributed by atoms with Gasteiger partial charge in [0.05, 0.1) is 10.9 Å². The quantitative estimate of drug-likeness (QED) is 0.829. The maximum absolute atomic E-state index is 13.2. The van der Waals surface area contributed by atoms with Crippen LogP contribution in [0.15, 0.2) is 42.7 Å². The molecule has 2 heterocycles. The van der Waals surface area contributed by atoms with Crippen molar-refractivity contribution < 1.29 is 8.42 Å². The number of nitrogens with zero attached hydrogens (tertiary/aromatic N) is 2. The van der Waals surface area contributed by atoms with Gasteiger partial charge in [0.15, 0.2) is 0 Å². The van der Waals surface area contributed by atoms with Gasteiger partial charge in [-0.1, -0.05) is 31.4 Å². The summed E-state index contributed by atoms with van der Waals surface area (Å²) in [7, 11) is -3.25. The van der Waals surface area contributed by atoms with Crippen LogP contribution in [0.3, 0.4) is 0 Å². The number of fused-ring (bicyclic) bond motifs is 1. The Morgan fingerprint density at radius 3 is 2.60 bits per heavy atom. The van der Waals surface area contributed by atoms with Crippen molar-refractivity contribution in [3.8, 4) is 11.1 Å². The molecule has 2 aliphatic rings. The molecule has 0 atom stereocenters. The highest BCUT2D eigenvalue weighted by atomic mass is 32.2. The Morgan fingerprint density at radius 2 is 1.84 bits per heavy atom. The van der Waals surface area contributed by atoms with E-state index in [-0.39, 0.29) is 5.25 Å². The predicted molar refractivity (Wildman–Crippen MR) is 101 cm³/mol. The lowest BCUT2D eigenvalue weighted by Gasteiger charge is -2.35. The van der Waals surface area contributed by atoms with Gasteiger partial charge in [-0.15, -0.1) is 0 Å². The summed E-state index contributed by atoms with van der Waals surface area (Å²) in [5, 5.41) is -0.204. The van der Waals surface area contributed by atoms with Gasteiger partial charge >= 0.3 is 0 Å². The van der Waals surface area contributed by atoms with Gasteiger partial charge in [0, 0.05) is 18.9 Å². The summed E-state index contributed by atoms with van der Waals surface area (Å²) in [6, 6.07) is 10.1. The fraction of sp³-hybridized carbons (Fsp3) is 0.450. The van der Waals surface area contributed by atoms with E-state index >= 15 is 0 Å². The number of aryl methyl sites for hydroxylation is 1. The summed E-state index contributed by atoms with van der Waals surface area (Å²) in [5.74, 6) is 0. The van der Waals surface area contributed by atoms with E-state index in [9.17, 15) is 8.42 Å². The van der Waals surface area contributed by atoms with E-state index in [1.54, 1.807) is 10.5 Å². The minimum absolute atomic E-state index is 0.204. The van der Waals surface area contributed by atoms with Gasteiger partial charge < -0.3 is 0 Å². The summed E-state index contributed by atoms with van der Waals surface area (Å²) >= 11 is 0. The molecule has 0 saturated heterocycles. The molecule has 0 bridgehead atoms. The van der Waals surface area contributed by atoms with E-state index < -0.39 is 10.0 Å². The van der Waals surface area contributed by atoms with E-state index in [4.69, 9.17) is 0 Å². The topological polar surface area (TPSA) is 50.3 Å². The second kappa shape index (κ2) is 6.79. The van der Waals surface area contributed by atoms with Crippen molar-refractivity contribution in [3.63, 3.8) is 0 Å². The summed E-state index contributed by atoms with van der Waals surface area (Å²) in [6.45, 7) is 0.609. The minimum Gasteiger partial charge on any atom is -0.270 e. The maximum Gasteiger partial charge on any atom is 0.238 e. The van der Waals surface area contributed by atoms with Gasteiger partial charge in [-0.05, 0) is 60.6 Å². The largest absolute Gasteiger partial charge is 0.270 e. The Labute approximate surface area is 150 Å². The lowest BCUT2D eigenvalue weighted by molar-refractivity contribution is 0.480. The number of hydrogen-bond donors (Lipinski definition) is 0. The second-order valence-electron chi connectivity index (χ2n) is 7.07. The molecule has 0 unspecified atom stereocenters. The zero-order valence-corrected chi connectivity index (χ0v) is 15.2. The summed E-state index contributed by atoms with van der Waals surface area (Å²) in [5.41, 5.74) is 4.18. The first-order chi connectivity index (χ1) is 12.2. The van der Waals surface area contributed by atoms with E-state index in [0.29, 0.717) is 6.54 Å². The van der Waals surface area contributed by atoms with Crippen molar-refractivity contribution in [1.82, 2.24) is 4.98 Å². The molecule has 25 heavy (non-hydrogen) atoms. The Kier molecular flexibility index (Phi) is 4.50. The van der Waals surface area contributed by atoms with Crippen molar-refractivity contribution in [3.05, 3.63) is 48.3 Å². The van der Waals surface area contributed by atoms with Gasteiger partial charge in [0.2, 0.25) is 10.0 Å². The molecule has 4 nitrogen and oxygen atoms in total. The molecule has 1 fully saturated rings. The number of anilines is 1. The molecule has 1 aromatic heterocycles. The van der Waals surface area contributed by atoms with Crippen LogP contribution in [0.4, 0.5) is 5.69 Å². The van der Waals surface area contributed by atoms with E-state index in [2.05, 4.69) is 11.1 Å². The molecule has 4 rings (SSSR count). The third-order valence-electron chi connectivity index (χ3n) is 5.43. The van der Waals surface area contributed by atoms with E-state index in [1.165, 1.54) is 0 Å². The van der Waals surface area contributed by atoms with Crippen molar-refractivity contribution >= 4 is 15.7 Å². The van der Waals surface area contributed by atoms with Crippen LogP contribution in [0, 0.1) is 0 Å². The number of hydrogen-bond acceptors (Lipinski definition) is 3. The normalized spacial score (nSPS) is 18.8. The molecule has 0 spiro atoms. The SMILES string of the molecule is O=S(=O)(C1CCCCC1)N1CCCc2cc(-c3cccnc3)ccc21. The molecular formula is C20H24N2O2S. The smallest absolute Gasteiger partial charge is 0.238 e. The molecule has 0 N–H and O–H groups in total. The van der Waals surface area contributed by atoms with E-state index in [0.717, 1.165) is 67.3 Å². The average molecular weight is 356 g/mol. The Morgan fingerprint density at radius 1 is 1.00 bits per heavy atom. The average Bonchev–Trinajstić information content (AvgIpc) is 2.68. The van der Waals surface area contributed by atoms with Crippen molar-refractivity contribution in [1.29, 1.82) is 0 Å². The maximum atomic E-state index is 13.2. The molecule has 1 saturated carbocycles. The lowest BCUT2D eigenvalue weighted by atomic mass is 9.98. The molecule has 1 aliphatic carbocycles. The Balaban J connectivity index is 1.68. The minimum atomic E-state index is -3.25. The third kappa shape index (κ3) is 3.17. The molecule has 0 amide bonds. The monoisotopic (exact) mass is 356 g/mol. The first-order valence-corrected chi connectivity index (χ1v) is 10.7. The van der Waals surface area contributed by atoms with Crippen LogP contribution in [0.25, 0.3) is 11.1 Å². The van der Waals surface area contributed by atoms with Crippen LogP contribution in [-0.4, -0.2) is 25.2 Å². The zero-order chi connectivity index (χ0) is 17.3. The van der Waals surface area contributed by atoms with E-state index in [1.807, 2.05) is 30.5 Å². The van der Waals surface area contributed by atoms with Crippen LogP contribution >= 0.6 is 0 Å². The molecule has 2 aromatic rings. The highest BCUT2D eigenvalue weighted by Gasteiger charge is 2.35. The highest BCUT2D eigenvalue weighted by molar-refractivity contribution is 7.93. The van der Waals surface area contributed by atoms with Crippen LogP contribution in [-0.2, 0) is 16.4 Å². The van der Waals surface area contributed by atoms with Crippen LogP contribution in [0.1, 0.15) is 44.1 Å². The molecular weight excluding hydrogens is 332 g/mol. The summed E-state index contributed by atoms with van der Waals surface area (Å²) < 4.78 is 28.0.